The molecule has 12 rings (SSSR count). The van der Waals surface area contributed by atoms with Crippen LogP contribution in [0.3, 0.4) is 0 Å². The highest BCUT2D eigenvalue weighted by Crippen LogP contribution is 2.57. The van der Waals surface area contributed by atoms with Gasteiger partial charge in [0, 0.05) is 38.5 Å². The summed E-state index contributed by atoms with van der Waals surface area (Å²) in [6.07, 6.45) is 0. The van der Waals surface area contributed by atoms with Crippen molar-refractivity contribution >= 4 is 89.7 Å². The van der Waals surface area contributed by atoms with Crippen molar-refractivity contribution in [3.63, 3.8) is 0 Å². The molecule has 0 fully saturated rings. The summed E-state index contributed by atoms with van der Waals surface area (Å²) < 4.78 is 6.78. The predicted octanol–water partition coefficient (Wildman–Crippen LogP) is 11.2. The van der Waals surface area contributed by atoms with Crippen LogP contribution in [0.15, 0.2) is 156 Å². The zero-order chi connectivity index (χ0) is 33.6. The number of hydrogen-bond donors (Lipinski definition) is 0. The predicted molar refractivity (Wildman–Crippen MR) is 215 cm³/mol. The van der Waals surface area contributed by atoms with Gasteiger partial charge in [-0.05, 0) is 80.2 Å². The molecule has 0 radical (unpaired) electrons. The second kappa shape index (κ2) is 9.50. The molecule has 238 valence electrons. The van der Waals surface area contributed by atoms with E-state index < -0.39 is 0 Å². The third kappa shape index (κ3) is 3.40. The summed E-state index contributed by atoms with van der Waals surface area (Å²) in [5.41, 5.74) is 15.6. The number of anilines is 5. The molecule has 1 aromatic heterocycles. The molecule has 0 saturated heterocycles. The number of fused-ring (bicyclic) bond motifs is 12. The maximum atomic E-state index is 6.78. The largest absolute Gasteiger partial charge is 0.454 e. The monoisotopic (exact) mass is 650 g/mol. The number of furan rings is 1. The van der Waals surface area contributed by atoms with Crippen LogP contribution in [0.1, 0.15) is 25.0 Å². The van der Waals surface area contributed by atoms with Gasteiger partial charge in [-0.25, -0.2) is 0 Å². The normalized spacial score (nSPS) is 14.9. The van der Waals surface area contributed by atoms with Crippen molar-refractivity contribution in [2.24, 2.45) is 0 Å². The topological polar surface area (TPSA) is 19.6 Å². The van der Waals surface area contributed by atoms with E-state index in [4.69, 9.17) is 4.42 Å². The lowest BCUT2D eigenvalue weighted by molar-refractivity contribution is 0.633. The average molecular weight is 651 g/mol. The number of hydrogen-bond acceptors (Lipinski definition) is 3. The Morgan fingerprint density at radius 1 is 0.510 bits per heavy atom. The highest BCUT2D eigenvalue weighted by atomic mass is 16.3. The van der Waals surface area contributed by atoms with Crippen LogP contribution in [0.2, 0.25) is 0 Å². The molecule has 0 atom stereocenters. The standard InChI is InChI=1S/C47H31BN2O/c1-47(2)36-20-12-21-38-45(36)49(41-27-29-14-4-3-13-28(29)26-37(41)47)44-31-16-6-5-15-30(31)25-35-32-17-7-9-22-39(32)50(48(38)43(35)44)40-23-11-19-34-33-18-8-10-24-42(33)51-46(34)40/h3-27H,1-2H3. The fourth-order valence-electron chi connectivity index (χ4n) is 9.70. The van der Waals surface area contributed by atoms with Gasteiger partial charge in [-0.2, -0.15) is 0 Å². The zero-order valence-corrected chi connectivity index (χ0v) is 28.3. The smallest absolute Gasteiger partial charge is 0.333 e. The Bertz CT molecular complexity index is 2990. The summed E-state index contributed by atoms with van der Waals surface area (Å²) in [4.78, 5) is 5.21. The molecule has 4 heterocycles. The summed E-state index contributed by atoms with van der Waals surface area (Å²) >= 11 is 0. The van der Waals surface area contributed by atoms with Crippen LogP contribution in [-0.2, 0) is 5.41 Å². The van der Waals surface area contributed by atoms with E-state index in [1.165, 1.54) is 77.5 Å². The highest BCUT2D eigenvalue weighted by molar-refractivity contribution is 6.94. The van der Waals surface area contributed by atoms with E-state index in [-0.39, 0.29) is 12.3 Å². The highest BCUT2D eigenvalue weighted by Gasteiger charge is 2.50. The molecule has 0 amide bonds. The van der Waals surface area contributed by atoms with Gasteiger partial charge in [0.2, 0.25) is 0 Å². The minimum Gasteiger partial charge on any atom is -0.454 e. The molecular formula is C47H31BN2O. The fourth-order valence-corrected chi connectivity index (χ4v) is 9.70. The van der Waals surface area contributed by atoms with Crippen molar-refractivity contribution in [3.8, 4) is 11.1 Å². The second-order valence-corrected chi connectivity index (χ2v) is 14.9. The molecule has 0 saturated carbocycles. The molecular weight excluding hydrogens is 619 g/mol. The molecule has 4 heteroatoms. The number of nitrogens with zero attached hydrogens (tertiary/aromatic N) is 2. The van der Waals surface area contributed by atoms with Crippen LogP contribution in [-0.4, -0.2) is 6.85 Å². The van der Waals surface area contributed by atoms with Crippen LogP contribution >= 0.6 is 0 Å². The third-order valence-electron chi connectivity index (χ3n) is 12.0. The van der Waals surface area contributed by atoms with E-state index in [0.717, 1.165) is 27.6 Å². The van der Waals surface area contributed by atoms with E-state index in [1.54, 1.807) is 0 Å². The van der Waals surface area contributed by atoms with Gasteiger partial charge in [0.05, 0.1) is 17.1 Å². The van der Waals surface area contributed by atoms with Crippen LogP contribution in [0.5, 0.6) is 0 Å². The van der Waals surface area contributed by atoms with Gasteiger partial charge in [-0.3, -0.25) is 0 Å². The van der Waals surface area contributed by atoms with Crippen molar-refractivity contribution in [3.05, 3.63) is 163 Å². The summed E-state index contributed by atoms with van der Waals surface area (Å²) in [5.74, 6) is 0. The van der Waals surface area contributed by atoms with Crippen molar-refractivity contribution in [2.45, 2.75) is 19.3 Å². The first kappa shape index (κ1) is 27.6. The second-order valence-electron chi connectivity index (χ2n) is 14.9. The third-order valence-corrected chi connectivity index (χ3v) is 12.0. The SMILES string of the molecule is CC1(C)c2cc3ccccc3cc2N2c3c(cccc31)B1c3c(cc4ccccc4c32)-c2ccccc2N1c1cccc2c1oc1ccccc12. The number of para-hydroxylation sites is 4. The molecule has 51 heavy (non-hydrogen) atoms. The van der Waals surface area contributed by atoms with Gasteiger partial charge in [-0.15, -0.1) is 0 Å². The first-order valence-corrected chi connectivity index (χ1v) is 17.9. The van der Waals surface area contributed by atoms with Gasteiger partial charge >= 0.3 is 6.85 Å². The summed E-state index contributed by atoms with van der Waals surface area (Å²) in [5, 5.41) is 7.33. The Morgan fingerprint density at radius 2 is 1.20 bits per heavy atom. The van der Waals surface area contributed by atoms with Crippen LogP contribution in [0.25, 0.3) is 54.6 Å². The summed E-state index contributed by atoms with van der Waals surface area (Å²) in [7, 11) is 0. The molecule has 0 unspecified atom stereocenters. The fraction of sp³-hybridized carbons (Fsp3) is 0.0638. The minimum atomic E-state index is -0.220. The van der Waals surface area contributed by atoms with E-state index in [0.29, 0.717) is 0 Å². The van der Waals surface area contributed by atoms with E-state index in [1.807, 2.05) is 0 Å². The van der Waals surface area contributed by atoms with E-state index in [2.05, 4.69) is 175 Å². The average Bonchev–Trinajstić information content (AvgIpc) is 3.56. The van der Waals surface area contributed by atoms with E-state index in [9.17, 15) is 0 Å². The Kier molecular flexibility index (Phi) is 5.13. The zero-order valence-electron chi connectivity index (χ0n) is 28.3. The molecule has 3 aliphatic heterocycles. The number of benzene rings is 8. The van der Waals surface area contributed by atoms with Crippen molar-refractivity contribution < 1.29 is 4.42 Å². The first-order chi connectivity index (χ1) is 25.1. The van der Waals surface area contributed by atoms with Gasteiger partial charge in [0.1, 0.15) is 5.58 Å². The Morgan fingerprint density at radius 3 is 2.08 bits per heavy atom. The van der Waals surface area contributed by atoms with Crippen LogP contribution < -0.4 is 20.6 Å². The Labute approximate surface area is 296 Å². The first-order valence-electron chi connectivity index (χ1n) is 17.9. The van der Waals surface area contributed by atoms with Gasteiger partial charge < -0.3 is 14.1 Å². The van der Waals surface area contributed by atoms with Crippen LogP contribution in [0.4, 0.5) is 28.4 Å². The maximum absolute atomic E-state index is 6.78. The Hall–Kier alpha value is -6.26. The molecule has 3 nitrogen and oxygen atoms in total. The lowest BCUT2D eigenvalue weighted by atomic mass is 9.42. The van der Waals surface area contributed by atoms with Crippen molar-refractivity contribution in [2.75, 3.05) is 9.71 Å². The van der Waals surface area contributed by atoms with Crippen molar-refractivity contribution in [1.82, 2.24) is 0 Å². The quantitative estimate of drug-likeness (QED) is 0.165. The maximum Gasteiger partial charge on any atom is 0.333 e. The van der Waals surface area contributed by atoms with Gasteiger partial charge in [0.25, 0.3) is 0 Å². The van der Waals surface area contributed by atoms with Crippen molar-refractivity contribution in [1.29, 1.82) is 0 Å². The molecule has 0 bridgehead atoms. The molecule has 0 N–H and O–H groups in total. The lowest BCUT2D eigenvalue weighted by Crippen LogP contribution is -2.62. The Balaban J connectivity index is 1.26. The molecule has 8 aromatic carbocycles. The van der Waals surface area contributed by atoms with E-state index >= 15 is 0 Å². The summed E-state index contributed by atoms with van der Waals surface area (Å²) in [6.45, 7) is 4.72. The lowest BCUT2D eigenvalue weighted by Gasteiger charge is -2.50. The number of rotatable bonds is 1. The minimum absolute atomic E-state index is 0.0858. The van der Waals surface area contributed by atoms with Crippen LogP contribution in [0, 0.1) is 0 Å². The molecule has 3 aliphatic rings. The summed E-state index contributed by atoms with van der Waals surface area (Å²) in [6, 6.07) is 56.1. The molecule has 9 aromatic rings. The molecule has 0 aliphatic carbocycles. The van der Waals surface area contributed by atoms with Gasteiger partial charge in [-0.1, -0.05) is 129 Å². The molecule has 0 spiro atoms. The van der Waals surface area contributed by atoms with Gasteiger partial charge in [0.15, 0.2) is 5.58 Å².